The molecule has 4 rings (SSSR count). The Balaban J connectivity index is 1.25. The third-order valence-electron chi connectivity index (χ3n) is 5.78. The van der Waals surface area contributed by atoms with Gasteiger partial charge in [-0.05, 0) is 55.2 Å². The van der Waals surface area contributed by atoms with E-state index in [4.69, 9.17) is 9.47 Å². The van der Waals surface area contributed by atoms with Crippen LogP contribution >= 0.6 is 0 Å². The van der Waals surface area contributed by atoms with Crippen molar-refractivity contribution in [2.45, 2.75) is 51.2 Å². The Morgan fingerprint density at radius 3 is 2.75 bits per heavy atom. The summed E-state index contributed by atoms with van der Waals surface area (Å²) < 4.78 is 11.4. The molecule has 2 saturated carbocycles. The van der Waals surface area contributed by atoms with Gasteiger partial charge in [0.05, 0.1) is 6.10 Å². The first-order valence-electron chi connectivity index (χ1n) is 9.42. The minimum atomic E-state index is 0.228. The van der Waals surface area contributed by atoms with E-state index in [2.05, 4.69) is 5.32 Å². The molecule has 130 valence electrons. The molecule has 1 N–H and O–H groups in total. The quantitative estimate of drug-likeness (QED) is 0.871. The predicted molar refractivity (Wildman–Crippen MR) is 91.7 cm³/mol. The maximum atomic E-state index is 12.4. The van der Waals surface area contributed by atoms with Crippen molar-refractivity contribution in [1.82, 2.24) is 5.32 Å². The summed E-state index contributed by atoms with van der Waals surface area (Å²) >= 11 is 0. The number of amides is 1. The van der Waals surface area contributed by atoms with E-state index in [0.29, 0.717) is 25.0 Å². The number of fused-ring (bicyclic) bond motifs is 1. The Labute approximate surface area is 143 Å². The lowest BCUT2D eigenvalue weighted by Gasteiger charge is -2.12. The van der Waals surface area contributed by atoms with Gasteiger partial charge in [0.2, 0.25) is 5.91 Å². The number of carbonyl (C=O) groups is 1. The molecule has 1 aromatic carbocycles. The normalized spacial score (nSPS) is 31.3. The second-order valence-electron chi connectivity index (χ2n) is 7.45. The van der Waals surface area contributed by atoms with Crippen molar-refractivity contribution in [1.29, 1.82) is 0 Å². The summed E-state index contributed by atoms with van der Waals surface area (Å²) in [5.41, 5.74) is 1.09. The summed E-state index contributed by atoms with van der Waals surface area (Å²) in [6, 6.07) is 8.02. The van der Waals surface area contributed by atoms with Crippen molar-refractivity contribution < 1.29 is 14.3 Å². The zero-order valence-electron chi connectivity index (χ0n) is 14.2. The predicted octanol–water partition coefficient (Wildman–Crippen LogP) is 3.30. The van der Waals surface area contributed by atoms with Gasteiger partial charge in [0.1, 0.15) is 12.4 Å². The topological polar surface area (TPSA) is 47.6 Å². The fourth-order valence-electron chi connectivity index (χ4n) is 4.40. The van der Waals surface area contributed by atoms with Crippen molar-refractivity contribution >= 4 is 5.91 Å². The molecule has 24 heavy (non-hydrogen) atoms. The van der Waals surface area contributed by atoms with Crippen LogP contribution in [0.3, 0.4) is 0 Å². The number of ether oxygens (including phenoxy) is 2. The van der Waals surface area contributed by atoms with Crippen LogP contribution in [0.4, 0.5) is 0 Å². The highest BCUT2D eigenvalue weighted by atomic mass is 16.5. The molecule has 2 aliphatic carbocycles. The van der Waals surface area contributed by atoms with Crippen LogP contribution in [-0.4, -0.2) is 25.2 Å². The van der Waals surface area contributed by atoms with Gasteiger partial charge in [-0.25, -0.2) is 0 Å². The lowest BCUT2D eigenvalue weighted by Crippen LogP contribution is -2.25. The summed E-state index contributed by atoms with van der Waals surface area (Å²) in [5.74, 6) is 2.72. The van der Waals surface area contributed by atoms with Crippen LogP contribution in [-0.2, 0) is 16.1 Å². The molecular weight excluding hydrogens is 302 g/mol. The summed E-state index contributed by atoms with van der Waals surface area (Å²) in [5, 5.41) is 3.12. The Kier molecular flexibility index (Phi) is 4.74. The van der Waals surface area contributed by atoms with Crippen LogP contribution in [0.25, 0.3) is 0 Å². The molecular formula is C20H27NO3. The zero-order chi connectivity index (χ0) is 16.4. The van der Waals surface area contributed by atoms with E-state index in [9.17, 15) is 4.79 Å². The molecule has 1 aromatic rings. The number of hydrogen-bond donors (Lipinski definition) is 1. The SMILES string of the molecule is O=C(NCc1cccc(OC[C@@H]2CCCO2)c1)C1[C@H]2CCCC[C@@H]12. The fraction of sp³-hybridized carbons (Fsp3) is 0.650. The fourth-order valence-corrected chi connectivity index (χ4v) is 4.40. The van der Waals surface area contributed by atoms with Crippen LogP contribution in [0.5, 0.6) is 5.75 Å². The van der Waals surface area contributed by atoms with E-state index in [1.807, 2.05) is 24.3 Å². The first kappa shape index (κ1) is 15.9. The van der Waals surface area contributed by atoms with Crippen molar-refractivity contribution in [3.05, 3.63) is 29.8 Å². The molecule has 0 aromatic heterocycles. The highest BCUT2D eigenvalue weighted by Crippen LogP contribution is 2.55. The summed E-state index contributed by atoms with van der Waals surface area (Å²) in [6.45, 7) is 2.05. The van der Waals surface area contributed by atoms with Gasteiger partial charge >= 0.3 is 0 Å². The monoisotopic (exact) mass is 329 g/mol. The van der Waals surface area contributed by atoms with Gasteiger partial charge in [-0.1, -0.05) is 25.0 Å². The number of nitrogens with one attached hydrogen (secondary N) is 1. The van der Waals surface area contributed by atoms with E-state index < -0.39 is 0 Å². The number of carbonyl (C=O) groups excluding carboxylic acids is 1. The molecule has 3 fully saturated rings. The maximum absolute atomic E-state index is 12.4. The zero-order valence-corrected chi connectivity index (χ0v) is 14.2. The Bertz CT molecular complexity index is 570. The molecule has 4 nitrogen and oxygen atoms in total. The van der Waals surface area contributed by atoms with Crippen molar-refractivity contribution in [3.63, 3.8) is 0 Å². The van der Waals surface area contributed by atoms with Crippen LogP contribution in [0, 0.1) is 17.8 Å². The molecule has 0 radical (unpaired) electrons. The number of rotatable bonds is 6. The second kappa shape index (κ2) is 7.14. The van der Waals surface area contributed by atoms with E-state index in [0.717, 1.165) is 30.8 Å². The standard InChI is InChI=1S/C20H27NO3/c22-20(19-17-8-1-2-9-18(17)19)21-12-14-5-3-6-15(11-14)24-13-16-7-4-10-23-16/h3,5-6,11,16-19H,1-2,4,7-10,12-13H2,(H,21,22)/t16-,17-,18+,19?/m0/s1. The van der Waals surface area contributed by atoms with Gasteiger partial charge in [-0.2, -0.15) is 0 Å². The summed E-state index contributed by atoms with van der Waals surface area (Å²) in [6.07, 6.45) is 7.53. The Hall–Kier alpha value is -1.55. The van der Waals surface area contributed by atoms with Crippen LogP contribution in [0.1, 0.15) is 44.1 Å². The number of hydrogen-bond acceptors (Lipinski definition) is 3. The third-order valence-corrected chi connectivity index (χ3v) is 5.78. The second-order valence-corrected chi connectivity index (χ2v) is 7.45. The lowest BCUT2D eigenvalue weighted by atomic mass is 10.0. The van der Waals surface area contributed by atoms with E-state index in [1.54, 1.807) is 0 Å². The molecule has 1 saturated heterocycles. The molecule has 0 bridgehead atoms. The van der Waals surface area contributed by atoms with Gasteiger partial charge in [0.25, 0.3) is 0 Å². The summed E-state index contributed by atoms with van der Waals surface area (Å²) in [4.78, 5) is 12.4. The molecule has 3 aliphatic rings. The van der Waals surface area contributed by atoms with Crippen molar-refractivity contribution in [2.24, 2.45) is 17.8 Å². The first-order valence-corrected chi connectivity index (χ1v) is 9.42. The van der Waals surface area contributed by atoms with Crippen LogP contribution in [0.2, 0.25) is 0 Å². The molecule has 1 heterocycles. The van der Waals surface area contributed by atoms with E-state index in [1.165, 1.54) is 25.7 Å². The highest BCUT2D eigenvalue weighted by Gasteiger charge is 2.54. The van der Waals surface area contributed by atoms with E-state index >= 15 is 0 Å². The maximum Gasteiger partial charge on any atom is 0.223 e. The first-order chi connectivity index (χ1) is 11.8. The van der Waals surface area contributed by atoms with Crippen molar-refractivity contribution in [3.8, 4) is 5.75 Å². The average molecular weight is 329 g/mol. The molecule has 4 heteroatoms. The van der Waals surface area contributed by atoms with Gasteiger partial charge in [-0.3, -0.25) is 4.79 Å². The molecule has 1 unspecified atom stereocenters. The lowest BCUT2D eigenvalue weighted by molar-refractivity contribution is -0.123. The molecule has 4 atom stereocenters. The van der Waals surface area contributed by atoms with Crippen LogP contribution < -0.4 is 10.1 Å². The third kappa shape index (κ3) is 3.59. The molecule has 1 aliphatic heterocycles. The molecule has 0 spiro atoms. The van der Waals surface area contributed by atoms with Gasteiger partial charge < -0.3 is 14.8 Å². The van der Waals surface area contributed by atoms with Gasteiger partial charge in [-0.15, -0.1) is 0 Å². The van der Waals surface area contributed by atoms with Crippen LogP contribution in [0.15, 0.2) is 24.3 Å². The Morgan fingerprint density at radius 1 is 1.17 bits per heavy atom. The van der Waals surface area contributed by atoms with Crippen molar-refractivity contribution in [2.75, 3.05) is 13.2 Å². The van der Waals surface area contributed by atoms with Gasteiger partial charge in [0, 0.05) is 19.1 Å². The van der Waals surface area contributed by atoms with E-state index in [-0.39, 0.29) is 17.9 Å². The average Bonchev–Trinajstić information content (AvgIpc) is 3.11. The number of benzene rings is 1. The van der Waals surface area contributed by atoms with Gasteiger partial charge in [0.15, 0.2) is 0 Å². The highest BCUT2D eigenvalue weighted by molar-refractivity contribution is 5.82. The largest absolute Gasteiger partial charge is 0.491 e. The minimum absolute atomic E-state index is 0.228. The summed E-state index contributed by atoms with van der Waals surface area (Å²) in [7, 11) is 0. The minimum Gasteiger partial charge on any atom is -0.491 e. The smallest absolute Gasteiger partial charge is 0.223 e. The Morgan fingerprint density at radius 2 is 2.00 bits per heavy atom. The molecule has 1 amide bonds.